The van der Waals surface area contributed by atoms with Gasteiger partial charge in [0.2, 0.25) is 0 Å². The van der Waals surface area contributed by atoms with Gasteiger partial charge in [-0.3, -0.25) is 9.59 Å². The zero-order valence-electron chi connectivity index (χ0n) is 13.1. The van der Waals surface area contributed by atoms with Crippen LogP contribution in [0.2, 0.25) is 0 Å². The molecular weight excluding hydrogens is 316 g/mol. The molecule has 1 aromatic carbocycles. The third kappa shape index (κ3) is 3.29. The lowest BCUT2D eigenvalue weighted by Gasteiger charge is -2.53. The van der Waals surface area contributed by atoms with Crippen LogP contribution in [0.15, 0.2) is 24.3 Å². The Morgan fingerprint density at radius 3 is 2.43 bits per heavy atom. The zero-order chi connectivity index (χ0) is 16.3. The van der Waals surface area contributed by atoms with Crippen molar-refractivity contribution in [2.45, 2.75) is 44.1 Å². The standard InChI is InChI=1S/C18H21ClO4/c19-16(21)14-2-4-15(5-3-14)18-9-7-17(8-10-18,12-23-18)6-1-11-22-13-20/h2-5,13H,1,6-12H2. The normalized spacial score (nSPS) is 29.3. The molecule has 0 N–H and O–H groups in total. The van der Waals surface area contributed by atoms with Crippen LogP contribution in [-0.2, 0) is 19.9 Å². The lowest BCUT2D eigenvalue weighted by atomic mass is 9.62. The van der Waals surface area contributed by atoms with Crippen molar-refractivity contribution >= 4 is 23.3 Å². The predicted molar refractivity (Wildman–Crippen MR) is 86.4 cm³/mol. The van der Waals surface area contributed by atoms with Crippen LogP contribution in [0.3, 0.4) is 0 Å². The maximum Gasteiger partial charge on any atom is 0.293 e. The molecule has 2 aliphatic heterocycles. The third-order valence-corrected chi connectivity index (χ3v) is 5.67. The van der Waals surface area contributed by atoms with Crippen LogP contribution in [0.4, 0.5) is 0 Å². The fourth-order valence-corrected chi connectivity index (χ4v) is 4.07. The molecule has 23 heavy (non-hydrogen) atoms. The predicted octanol–water partition coefficient (Wildman–Crippen LogP) is 3.80. The molecule has 0 radical (unpaired) electrons. The fourth-order valence-electron chi connectivity index (χ4n) is 3.94. The monoisotopic (exact) mass is 336 g/mol. The molecule has 3 fully saturated rings. The van der Waals surface area contributed by atoms with Crippen LogP contribution in [0.1, 0.15) is 54.4 Å². The molecule has 5 heteroatoms. The van der Waals surface area contributed by atoms with Crippen molar-refractivity contribution in [2.24, 2.45) is 5.41 Å². The molecule has 3 aliphatic rings. The van der Waals surface area contributed by atoms with Gasteiger partial charge in [0.1, 0.15) is 0 Å². The molecule has 2 saturated heterocycles. The number of ether oxygens (including phenoxy) is 2. The minimum atomic E-state index is -0.432. The first-order chi connectivity index (χ1) is 11.1. The minimum Gasteiger partial charge on any atom is -0.468 e. The Hall–Kier alpha value is -1.39. The second kappa shape index (κ2) is 6.62. The smallest absolute Gasteiger partial charge is 0.293 e. The second-order valence-electron chi connectivity index (χ2n) is 6.70. The van der Waals surface area contributed by atoms with E-state index in [2.05, 4.69) is 0 Å². The first kappa shape index (κ1) is 16.5. The molecule has 2 heterocycles. The van der Waals surface area contributed by atoms with Crippen molar-refractivity contribution in [1.29, 1.82) is 0 Å². The van der Waals surface area contributed by atoms with Gasteiger partial charge < -0.3 is 9.47 Å². The van der Waals surface area contributed by atoms with Gasteiger partial charge in [0.15, 0.2) is 0 Å². The number of carbonyl (C=O) groups excluding carboxylic acids is 2. The van der Waals surface area contributed by atoms with Gasteiger partial charge in [-0.05, 0) is 73.2 Å². The number of halogens is 1. The summed E-state index contributed by atoms with van der Waals surface area (Å²) in [6.07, 6.45) is 6.18. The number of benzene rings is 1. The lowest BCUT2D eigenvalue weighted by molar-refractivity contribution is -0.192. The van der Waals surface area contributed by atoms with E-state index in [0.717, 1.165) is 50.7 Å². The van der Waals surface area contributed by atoms with E-state index in [4.69, 9.17) is 21.1 Å². The summed E-state index contributed by atoms with van der Waals surface area (Å²) >= 11 is 5.50. The Labute approximate surface area is 141 Å². The quantitative estimate of drug-likeness (QED) is 0.431. The van der Waals surface area contributed by atoms with Gasteiger partial charge in [-0.15, -0.1) is 0 Å². The van der Waals surface area contributed by atoms with Crippen molar-refractivity contribution < 1.29 is 19.1 Å². The highest BCUT2D eigenvalue weighted by molar-refractivity contribution is 6.67. The van der Waals surface area contributed by atoms with Gasteiger partial charge >= 0.3 is 0 Å². The average molecular weight is 337 g/mol. The molecule has 0 spiro atoms. The summed E-state index contributed by atoms with van der Waals surface area (Å²) < 4.78 is 11.1. The van der Waals surface area contributed by atoms with Crippen LogP contribution in [0.5, 0.6) is 0 Å². The van der Waals surface area contributed by atoms with E-state index in [1.807, 2.05) is 12.1 Å². The van der Waals surface area contributed by atoms with Crippen LogP contribution in [0.25, 0.3) is 0 Å². The van der Waals surface area contributed by atoms with Crippen molar-refractivity contribution in [1.82, 2.24) is 0 Å². The van der Waals surface area contributed by atoms with Crippen LogP contribution in [0, 0.1) is 5.41 Å². The first-order valence-electron chi connectivity index (χ1n) is 8.09. The zero-order valence-corrected chi connectivity index (χ0v) is 13.8. The molecule has 0 atom stereocenters. The van der Waals surface area contributed by atoms with Crippen molar-refractivity contribution in [3.05, 3.63) is 35.4 Å². The van der Waals surface area contributed by atoms with Gasteiger partial charge in [0.05, 0.1) is 18.8 Å². The highest BCUT2D eigenvalue weighted by Crippen LogP contribution is 2.55. The number of hydrogen-bond acceptors (Lipinski definition) is 4. The highest BCUT2D eigenvalue weighted by atomic mass is 35.5. The highest BCUT2D eigenvalue weighted by Gasteiger charge is 2.50. The summed E-state index contributed by atoms with van der Waals surface area (Å²) in [5.41, 5.74) is 1.68. The number of carbonyl (C=O) groups is 2. The molecular formula is C18H21ClO4. The van der Waals surface area contributed by atoms with E-state index in [0.29, 0.717) is 18.6 Å². The second-order valence-corrected chi connectivity index (χ2v) is 7.05. The molecule has 0 aromatic heterocycles. The van der Waals surface area contributed by atoms with E-state index >= 15 is 0 Å². The summed E-state index contributed by atoms with van der Waals surface area (Å²) in [4.78, 5) is 21.4. The van der Waals surface area contributed by atoms with Gasteiger partial charge in [0.25, 0.3) is 11.7 Å². The van der Waals surface area contributed by atoms with Gasteiger partial charge in [0, 0.05) is 5.56 Å². The summed E-state index contributed by atoms with van der Waals surface area (Å²) in [5, 5.41) is -0.432. The molecule has 4 rings (SSSR count). The van der Waals surface area contributed by atoms with Crippen molar-refractivity contribution in [3.8, 4) is 0 Å². The minimum absolute atomic E-state index is 0.213. The van der Waals surface area contributed by atoms with E-state index in [1.165, 1.54) is 0 Å². The molecule has 0 unspecified atom stereocenters. The molecule has 1 saturated carbocycles. The SMILES string of the molecule is O=COCCCC12CCC(c3ccc(C(=O)Cl)cc3)(CC1)OC2. The summed E-state index contributed by atoms with van der Waals surface area (Å²) in [5.74, 6) is 0. The van der Waals surface area contributed by atoms with Gasteiger partial charge in [-0.1, -0.05) is 12.1 Å². The van der Waals surface area contributed by atoms with Crippen LogP contribution >= 0.6 is 11.6 Å². The molecule has 4 nitrogen and oxygen atoms in total. The third-order valence-electron chi connectivity index (χ3n) is 5.45. The lowest BCUT2D eigenvalue weighted by Crippen LogP contribution is -2.49. The van der Waals surface area contributed by atoms with E-state index in [1.54, 1.807) is 12.1 Å². The number of hydrogen-bond donors (Lipinski definition) is 0. The Morgan fingerprint density at radius 1 is 1.22 bits per heavy atom. The number of rotatable bonds is 7. The maximum absolute atomic E-state index is 11.2. The number of fused-ring (bicyclic) bond motifs is 3. The molecule has 124 valence electrons. The van der Waals surface area contributed by atoms with Crippen LogP contribution < -0.4 is 0 Å². The molecule has 0 amide bonds. The molecule has 2 bridgehead atoms. The van der Waals surface area contributed by atoms with Gasteiger partial charge in [-0.2, -0.15) is 0 Å². The first-order valence-corrected chi connectivity index (χ1v) is 8.47. The largest absolute Gasteiger partial charge is 0.468 e. The maximum atomic E-state index is 11.2. The Morgan fingerprint density at radius 2 is 1.91 bits per heavy atom. The summed E-state index contributed by atoms with van der Waals surface area (Å²) in [6.45, 7) is 1.75. The average Bonchev–Trinajstić information content (AvgIpc) is 2.60. The Balaban J connectivity index is 1.64. The Bertz CT molecular complexity index is 557. The molecule has 1 aliphatic carbocycles. The summed E-state index contributed by atoms with van der Waals surface area (Å²) in [6, 6.07) is 7.48. The van der Waals surface area contributed by atoms with E-state index in [-0.39, 0.29) is 11.0 Å². The topological polar surface area (TPSA) is 52.6 Å². The molecule has 1 aromatic rings. The van der Waals surface area contributed by atoms with Crippen molar-refractivity contribution in [2.75, 3.05) is 13.2 Å². The summed E-state index contributed by atoms with van der Waals surface area (Å²) in [7, 11) is 0. The van der Waals surface area contributed by atoms with E-state index in [9.17, 15) is 9.59 Å². The van der Waals surface area contributed by atoms with Crippen LogP contribution in [-0.4, -0.2) is 24.9 Å². The van der Waals surface area contributed by atoms with E-state index < -0.39 is 5.24 Å². The van der Waals surface area contributed by atoms with Gasteiger partial charge in [-0.25, -0.2) is 0 Å². The van der Waals surface area contributed by atoms with Crippen molar-refractivity contribution in [3.63, 3.8) is 0 Å². The Kier molecular flexibility index (Phi) is 4.74. The fraction of sp³-hybridized carbons (Fsp3) is 0.556.